The first-order valence-corrected chi connectivity index (χ1v) is 8.45. The van der Waals surface area contributed by atoms with Crippen LogP contribution in [0.25, 0.3) is 0 Å². The second-order valence-corrected chi connectivity index (χ2v) is 6.08. The molecule has 0 heterocycles. The third kappa shape index (κ3) is 4.33. The third-order valence-corrected chi connectivity index (χ3v) is 4.58. The highest BCUT2D eigenvalue weighted by atomic mass is 16.5. The number of carbonyl (C=O) groups excluding carboxylic acids is 1. The minimum absolute atomic E-state index is 0.0879. The van der Waals surface area contributed by atoms with E-state index in [9.17, 15) is 4.79 Å². The van der Waals surface area contributed by atoms with Crippen LogP contribution in [0.5, 0.6) is 0 Å². The zero-order chi connectivity index (χ0) is 15.1. The molecule has 1 aromatic rings. The molecule has 2 rings (SSSR count). The summed E-state index contributed by atoms with van der Waals surface area (Å²) in [6.45, 7) is 2.25. The summed E-state index contributed by atoms with van der Waals surface area (Å²) in [6, 6.07) is 4.68. The lowest BCUT2D eigenvalue weighted by atomic mass is 9.91. The van der Waals surface area contributed by atoms with Crippen LogP contribution < -0.4 is 0 Å². The van der Waals surface area contributed by atoms with Crippen molar-refractivity contribution in [2.45, 2.75) is 71.1 Å². The molecule has 21 heavy (non-hydrogen) atoms. The molecule has 0 bridgehead atoms. The van der Waals surface area contributed by atoms with Crippen LogP contribution in [-0.2, 0) is 35.2 Å². The number of unbranched alkanes of at least 4 members (excludes halogenated alkanes) is 2. The summed E-state index contributed by atoms with van der Waals surface area (Å²) >= 11 is 0. The second-order valence-electron chi connectivity index (χ2n) is 6.08. The second kappa shape index (κ2) is 8.21. The molecular weight excluding hydrogens is 260 g/mol. The summed E-state index contributed by atoms with van der Waals surface area (Å²) in [6.07, 6.45) is 11.3. The first-order valence-electron chi connectivity index (χ1n) is 8.45. The molecule has 0 saturated heterocycles. The van der Waals surface area contributed by atoms with Crippen LogP contribution in [0.4, 0.5) is 0 Å². The normalized spacial score (nSPS) is 13.2. The van der Waals surface area contributed by atoms with Gasteiger partial charge in [0.15, 0.2) is 0 Å². The molecule has 116 valence electrons. The number of hydrogen-bond acceptors (Lipinski definition) is 2. The average molecular weight is 288 g/mol. The van der Waals surface area contributed by atoms with Crippen LogP contribution in [0.15, 0.2) is 12.1 Å². The molecule has 0 spiro atoms. The van der Waals surface area contributed by atoms with Gasteiger partial charge in [0, 0.05) is 6.42 Å². The maximum absolute atomic E-state index is 11.3. The monoisotopic (exact) mass is 288 g/mol. The van der Waals surface area contributed by atoms with Crippen molar-refractivity contribution in [1.29, 1.82) is 0 Å². The van der Waals surface area contributed by atoms with Crippen molar-refractivity contribution < 1.29 is 9.53 Å². The lowest BCUT2D eigenvalue weighted by molar-refractivity contribution is -0.140. The maximum atomic E-state index is 11.3. The van der Waals surface area contributed by atoms with E-state index in [1.807, 2.05) is 0 Å². The van der Waals surface area contributed by atoms with Crippen molar-refractivity contribution in [2.24, 2.45) is 0 Å². The van der Waals surface area contributed by atoms with E-state index in [2.05, 4.69) is 19.1 Å². The van der Waals surface area contributed by atoms with E-state index in [1.54, 1.807) is 16.7 Å². The SMILES string of the molecule is CCCCCc1ccc2c(c1CCCC(=O)OC)CCC2. The Morgan fingerprint density at radius 1 is 1.14 bits per heavy atom. The molecule has 0 atom stereocenters. The van der Waals surface area contributed by atoms with Gasteiger partial charge in [0.2, 0.25) is 0 Å². The number of hydrogen-bond donors (Lipinski definition) is 0. The lowest BCUT2D eigenvalue weighted by Crippen LogP contribution is -2.04. The smallest absolute Gasteiger partial charge is 0.305 e. The molecule has 0 saturated carbocycles. The van der Waals surface area contributed by atoms with Crippen LogP contribution in [0.3, 0.4) is 0 Å². The molecule has 0 aliphatic heterocycles. The summed E-state index contributed by atoms with van der Waals surface area (Å²) in [5.74, 6) is -0.0879. The van der Waals surface area contributed by atoms with E-state index in [-0.39, 0.29) is 5.97 Å². The van der Waals surface area contributed by atoms with Gasteiger partial charge in [-0.3, -0.25) is 4.79 Å². The number of esters is 1. The van der Waals surface area contributed by atoms with Gasteiger partial charge in [0.1, 0.15) is 0 Å². The zero-order valence-electron chi connectivity index (χ0n) is 13.5. The molecule has 0 amide bonds. The molecule has 0 aromatic heterocycles. The molecule has 0 unspecified atom stereocenters. The molecule has 2 nitrogen and oxygen atoms in total. The number of benzene rings is 1. The van der Waals surface area contributed by atoms with E-state index in [4.69, 9.17) is 4.74 Å². The average Bonchev–Trinajstić information content (AvgIpc) is 2.97. The van der Waals surface area contributed by atoms with E-state index in [1.165, 1.54) is 57.6 Å². The summed E-state index contributed by atoms with van der Waals surface area (Å²) in [4.78, 5) is 11.3. The summed E-state index contributed by atoms with van der Waals surface area (Å²) in [5.41, 5.74) is 6.20. The molecule has 0 fully saturated rings. The minimum Gasteiger partial charge on any atom is -0.469 e. The van der Waals surface area contributed by atoms with E-state index < -0.39 is 0 Å². The predicted molar refractivity (Wildman–Crippen MR) is 86.7 cm³/mol. The van der Waals surface area contributed by atoms with Crippen molar-refractivity contribution >= 4 is 5.97 Å². The molecular formula is C19H28O2. The van der Waals surface area contributed by atoms with Gasteiger partial charge in [-0.05, 0) is 67.2 Å². The van der Waals surface area contributed by atoms with Gasteiger partial charge in [-0.25, -0.2) is 0 Å². The fraction of sp³-hybridized carbons (Fsp3) is 0.632. The van der Waals surface area contributed by atoms with Gasteiger partial charge in [0.25, 0.3) is 0 Å². The predicted octanol–water partition coefficient (Wildman–Crippen LogP) is 4.40. The highest BCUT2D eigenvalue weighted by molar-refractivity contribution is 5.69. The van der Waals surface area contributed by atoms with Crippen molar-refractivity contribution in [3.8, 4) is 0 Å². The quantitative estimate of drug-likeness (QED) is 0.523. The van der Waals surface area contributed by atoms with Gasteiger partial charge in [0.05, 0.1) is 7.11 Å². The summed E-state index contributed by atoms with van der Waals surface area (Å²) in [5, 5.41) is 0. The fourth-order valence-electron chi connectivity index (χ4n) is 3.41. The largest absolute Gasteiger partial charge is 0.469 e. The van der Waals surface area contributed by atoms with Gasteiger partial charge < -0.3 is 4.74 Å². The number of carbonyl (C=O) groups is 1. The van der Waals surface area contributed by atoms with E-state index in [0.717, 1.165) is 12.8 Å². The Kier molecular flexibility index (Phi) is 6.28. The Hall–Kier alpha value is -1.31. The van der Waals surface area contributed by atoms with Crippen LogP contribution in [0.2, 0.25) is 0 Å². The summed E-state index contributed by atoms with van der Waals surface area (Å²) in [7, 11) is 1.47. The van der Waals surface area contributed by atoms with Crippen molar-refractivity contribution in [3.63, 3.8) is 0 Å². The molecule has 1 aliphatic rings. The number of methoxy groups -OCH3 is 1. The van der Waals surface area contributed by atoms with Crippen LogP contribution >= 0.6 is 0 Å². The molecule has 0 radical (unpaired) electrons. The van der Waals surface area contributed by atoms with Gasteiger partial charge in [-0.1, -0.05) is 31.9 Å². The van der Waals surface area contributed by atoms with E-state index >= 15 is 0 Å². The molecule has 1 aliphatic carbocycles. The Morgan fingerprint density at radius 2 is 2.00 bits per heavy atom. The molecule has 2 heteroatoms. The van der Waals surface area contributed by atoms with Crippen LogP contribution in [0.1, 0.15) is 67.7 Å². The van der Waals surface area contributed by atoms with Crippen LogP contribution in [0, 0.1) is 0 Å². The Labute approximate surface area is 128 Å². The lowest BCUT2D eigenvalue weighted by Gasteiger charge is -2.15. The molecule has 1 aromatic carbocycles. The summed E-state index contributed by atoms with van der Waals surface area (Å²) < 4.78 is 4.75. The van der Waals surface area contributed by atoms with Gasteiger partial charge >= 0.3 is 5.97 Å². The highest BCUT2D eigenvalue weighted by Gasteiger charge is 2.17. The molecule has 0 N–H and O–H groups in total. The third-order valence-electron chi connectivity index (χ3n) is 4.58. The highest BCUT2D eigenvalue weighted by Crippen LogP contribution is 2.30. The van der Waals surface area contributed by atoms with E-state index in [0.29, 0.717) is 6.42 Å². The maximum Gasteiger partial charge on any atom is 0.305 e. The Bertz CT molecular complexity index is 477. The van der Waals surface area contributed by atoms with Crippen LogP contribution in [-0.4, -0.2) is 13.1 Å². The van der Waals surface area contributed by atoms with Crippen molar-refractivity contribution in [1.82, 2.24) is 0 Å². The number of aryl methyl sites for hydroxylation is 2. The number of fused-ring (bicyclic) bond motifs is 1. The standard InChI is InChI=1S/C19H28O2/c1-3-4-5-8-15-13-14-16-9-6-10-17(16)18(15)11-7-12-19(20)21-2/h13-14H,3-12H2,1-2H3. The van der Waals surface area contributed by atoms with Gasteiger partial charge in [-0.2, -0.15) is 0 Å². The minimum atomic E-state index is -0.0879. The first kappa shape index (κ1) is 16.1. The van der Waals surface area contributed by atoms with Gasteiger partial charge in [-0.15, -0.1) is 0 Å². The topological polar surface area (TPSA) is 26.3 Å². The fourth-order valence-corrected chi connectivity index (χ4v) is 3.41. The Morgan fingerprint density at radius 3 is 2.76 bits per heavy atom. The number of rotatable bonds is 8. The Balaban J connectivity index is 2.07. The number of ether oxygens (including phenoxy) is 1. The van der Waals surface area contributed by atoms with Crippen molar-refractivity contribution in [2.75, 3.05) is 7.11 Å². The van der Waals surface area contributed by atoms with Crippen molar-refractivity contribution in [3.05, 3.63) is 34.4 Å². The zero-order valence-corrected chi connectivity index (χ0v) is 13.5. The first-order chi connectivity index (χ1) is 10.3.